The molecule has 136 valence electrons. The third kappa shape index (κ3) is 5.31. The van der Waals surface area contributed by atoms with Gasteiger partial charge in [0.2, 0.25) is 10.0 Å². The van der Waals surface area contributed by atoms with E-state index in [0.29, 0.717) is 0 Å². The van der Waals surface area contributed by atoms with Crippen LogP contribution in [-0.4, -0.2) is 8.42 Å². The normalized spacial score (nSPS) is 13.7. The summed E-state index contributed by atoms with van der Waals surface area (Å²) in [6, 6.07) is 9.62. The van der Waals surface area contributed by atoms with Gasteiger partial charge in [0, 0.05) is 6.04 Å². The molecule has 2 aromatic rings. The van der Waals surface area contributed by atoms with Crippen LogP contribution in [0.25, 0.3) is 0 Å². The molecule has 0 saturated heterocycles. The molecule has 0 spiro atoms. The number of halogens is 3. The molecule has 1 N–H and O–H groups in total. The molecule has 7 heteroatoms. The van der Waals surface area contributed by atoms with Gasteiger partial charge in [-0.15, -0.1) is 0 Å². The highest BCUT2D eigenvalue weighted by Crippen LogP contribution is 2.30. The molecule has 0 fully saturated rings. The fraction of sp³-hybridized carbons (Fsp3) is 0.333. The van der Waals surface area contributed by atoms with E-state index in [-0.39, 0.29) is 5.56 Å². The van der Waals surface area contributed by atoms with Crippen LogP contribution in [0, 0.1) is 13.8 Å². The zero-order chi connectivity index (χ0) is 18.8. The number of rotatable bonds is 5. The van der Waals surface area contributed by atoms with Crippen molar-refractivity contribution >= 4 is 10.0 Å². The monoisotopic (exact) mass is 371 g/mol. The van der Waals surface area contributed by atoms with E-state index in [4.69, 9.17) is 0 Å². The maximum atomic E-state index is 12.7. The molecule has 0 heterocycles. The van der Waals surface area contributed by atoms with Crippen molar-refractivity contribution < 1.29 is 21.6 Å². The SMILES string of the molecule is Cc1ccc(C)c(C(C)NS(=O)(=O)Cc2cccc(C(F)(F)F)c2)c1. The molecule has 0 amide bonds. The van der Waals surface area contributed by atoms with E-state index in [0.717, 1.165) is 28.8 Å². The summed E-state index contributed by atoms with van der Waals surface area (Å²) in [4.78, 5) is 0. The van der Waals surface area contributed by atoms with Crippen LogP contribution >= 0.6 is 0 Å². The van der Waals surface area contributed by atoms with Gasteiger partial charge in [0.15, 0.2) is 0 Å². The van der Waals surface area contributed by atoms with Crippen LogP contribution in [0.4, 0.5) is 13.2 Å². The predicted molar refractivity (Wildman–Crippen MR) is 91.5 cm³/mol. The highest BCUT2D eigenvalue weighted by molar-refractivity contribution is 7.88. The third-order valence-electron chi connectivity index (χ3n) is 3.87. The van der Waals surface area contributed by atoms with Crippen LogP contribution in [0.5, 0.6) is 0 Å². The molecule has 25 heavy (non-hydrogen) atoms. The maximum absolute atomic E-state index is 12.7. The topological polar surface area (TPSA) is 46.2 Å². The molecule has 0 aromatic heterocycles. The van der Waals surface area contributed by atoms with E-state index in [1.165, 1.54) is 12.1 Å². The van der Waals surface area contributed by atoms with Crippen molar-refractivity contribution in [3.05, 3.63) is 70.3 Å². The summed E-state index contributed by atoms with van der Waals surface area (Å²) in [5.74, 6) is -0.508. The molecule has 2 rings (SSSR count). The van der Waals surface area contributed by atoms with Crippen molar-refractivity contribution in [3.63, 3.8) is 0 Å². The summed E-state index contributed by atoms with van der Waals surface area (Å²) in [6.45, 7) is 5.50. The van der Waals surface area contributed by atoms with Crippen molar-refractivity contribution in [2.75, 3.05) is 0 Å². The fourth-order valence-electron chi connectivity index (χ4n) is 2.66. The summed E-state index contributed by atoms with van der Waals surface area (Å²) in [7, 11) is -3.79. The van der Waals surface area contributed by atoms with E-state index in [9.17, 15) is 21.6 Å². The first-order valence-corrected chi connectivity index (χ1v) is 9.36. The van der Waals surface area contributed by atoms with Gasteiger partial charge in [-0.3, -0.25) is 0 Å². The first kappa shape index (κ1) is 19.5. The summed E-state index contributed by atoms with van der Waals surface area (Å²) in [5, 5.41) is 0. The maximum Gasteiger partial charge on any atom is 0.416 e. The minimum atomic E-state index is -4.50. The molecule has 1 unspecified atom stereocenters. The highest BCUT2D eigenvalue weighted by Gasteiger charge is 2.30. The average molecular weight is 371 g/mol. The molecular formula is C18H20F3NO2S. The van der Waals surface area contributed by atoms with Crippen molar-refractivity contribution in [2.24, 2.45) is 0 Å². The Balaban J connectivity index is 2.18. The van der Waals surface area contributed by atoms with Gasteiger partial charge in [-0.05, 0) is 43.5 Å². The van der Waals surface area contributed by atoms with Gasteiger partial charge < -0.3 is 0 Å². The third-order valence-corrected chi connectivity index (χ3v) is 5.29. The number of nitrogens with one attached hydrogen (secondary N) is 1. The van der Waals surface area contributed by atoms with E-state index in [1.807, 2.05) is 32.0 Å². The number of benzene rings is 2. The fourth-order valence-corrected chi connectivity index (χ4v) is 4.03. The average Bonchev–Trinajstić information content (AvgIpc) is 2.48. The summed E-state index contributed by atoms with van der Waals surface area (Å²) in [6.07, 6.45) is -4.50. The lowest BCUT2D eigenvalue weighted by Crippen LogP contribution is -2.28. The second-order valence-corrected chi connectivity index (χ2v) is 7.91. The molecule has 0 aliphatic heterocycles. The van der Waals surface area contributed by atoms with Crippen molar-refractivity contribution in [1.29, 1.82) is 0 Å². The number of sulfonamides is 1. The lowest BCUT2D eigenvalue weighted by molar-refractivity contribution is -0.137. The molecular weight excluding hydrogens is 351 g/mol. The molecule has 0 aliphatic carbocycles. The Morgan fingerprint density at radius 3 is 2.40 bits per heavy atom. The Morgan fingerprint density at radius 2 is 1.76 bits per heavy atom. The van der Waals surface area contributed by atoms with Crippen molar-refractivity contribution in [1.82, 2.24) is 4.72 Å². The summed E-state index contributed by atoms with van der Waals surface area (Å²) < 4.78 is 65.5. The van der Waals surface area contributed by atoms with Crippen LogP contribution in [0.1, 0.15) is 40.8 Å². The van der Waals surface area contributed by atoms with Crippen LogP contribution in [-0.2, 0) is 22.0 Å². The second-order valence-electron chi connectivity index (χ2n) is 6.16. The van der Waals surface area contributed by atoms with Crippen LogP contribution in [0.15, 0.2) is 42.5 Å². The van der Waals surface area contributed by atoms with Crippen LogP contribution in [0.2, 0.25) is 0 Å². The number of hydrogen-bond acceptors (Lipinski definition) is 2. The Hall–Kier alpha value is -1.86. The van der Waals surface area contributed by atoms with E-state index < -0.39 is 33.6 Å². The lowest BCUT2D eigenvalue weighted by atomic mass is 10.0. The number of aryl methyl sites for hydroxylation is 2. The standard InChI is InChI=1S/C18H20F3NO2S/c1-12-7-8-13(2)17(9-12)14(3)22-25(23,24)11-15-5-4-6-16(10-15)18(19,20)21/h4-10,14,22H,11H2,1-3H3. The first-order valence-electron chi connectivity index (χ1n) is 7.71. The minimum Gasteiger partial charge on any atom is -0.212 e. The number of alkyl halides is 3. The highest BCUT2D eigenvalue weighted by atomic mass is 32.2. The molecule has 0 saturated carbocycles. The Labute approximate surface area is 145 Å². The molecule has 0 bridgehead atoms. The van der Waals surface area contributed by atoms with Gasteiger partial charge in [-0.25, -0.2) is 13.1 Å². The van der Waals surface area contributed by atoms with E-state index in [2.05, 4.69) is 4.72 Å². The van der Waals surface area contributed by atoms with Gasteiger partial charge in [0.05, 0.1) is 11.3 Å². The Bertz CT molecular complexity index is 861. The van der Waals surface area contributed by atoms with Crippen molar-refractivity contribution in [3.8, 4) is 0 Å². The quantitative estimate of drug-likeness (QED) is 0.841. The molecule has 3 nitrogen and oxygen atoms in total. The van der Waals surface area contributed by atoms with Crippen LogP contribution in [0.3, 0.4) is 0 Å². The van der Waals surface area contributed by atoms with E-state index >= 15 is 0 Å². The summed E-state index contributed by atoms with van der Waals surface area (Å²) in [5.41, 5.74) is 2.02. The Kier molecular flexibility index (Phi) is 5.58. The largest absolute Gasteiger partial charge is 0.416 e. The van der Waals surface area contributed by atoms with Gasteiger partial charge in [-0.2, -0.15) is 13.2 Å². The Morgan fingerprint density at radius 1 is 1.08 bits per heavy atom. The molecule has 1 atom stereocenters. The molecule has 2 aromatic carbocycles. The smallest absolute Gasteiger partial charge is 0.212 e. The molecule has 0 aliphatic rings. The van der Waals surface area contributed by atoms with Gasteiger partial charge in [-0.1, -0.05) is 42.0 Å². The summed E-state index contributed by atoms with van der Waals surface area (Å²) >= 11 is 0. The van der Waals surface area contributed by atoms with E-state index in [1.54, 1.807) is 6.92 Å². The van der Waals surface area contributed by atoms with Crippen LogP contribution < -0.4 is 4.72 Å². The zero-order valence-corrected chi connectivity index (χ0v) is 15.0. The van der Waals surface area contributed by atoms with Gasteiger partial charge >= 0.3 is 6.18 Å². The van der Waals surface area contributed by atoms with Gasteiger partial charge in [0.25, 0.3) is 0 Å². The van der Waals surface area contributed by atoms with Crippen molar-refractivity contribution in [2.45, 2.75) is 38.7 Å². The predicted octanol–water partition coefficient (Wildman–Crippen LogP) is 4.50. The minimum absolute atomic E-state index is 0.0930. The van der Waals surface area contributed by atoms with Gasteiger partial charge in [0.1, 0.15) is 0 Å². The number of hydrogen-bond donors (Lipinski definition) is 1. The zero-order valence-electron chi connectivity index (χ0n) is 14.2. The first-order chi connectivity index (χ1) is 11.5. The lowest BCUT2D eigenvalue weighted by Gasteiger charge is -2.18. The molecule has 0 radical (unpaired) electrons. The second kappa shape index (κ2) is 7.17.